The molecule has 0 aliphatic carbocycles. The van der Waals surface area contributed by atoms with Crippen molar-refractivity contribution in [1.29, 1.82) is 0 Å². The lowest BCUT2D eigenvalue weighted by atomic mass is 10.3. The Hall–Kier alpha value is -0.670. The number of hydrogen-bond donors (Lipinski definition) is 3. The highest BCUT2D eigenvalue weighted by Gasteiger charge is 2.09. The molecular weight excluding hydrogens is 333 g/mol. The highest BCUT2D eigenvalue weighted by molar-refractivity contribution is 14.1. The molecule has 6 nitrogen and oxygen atoms in total. The van der Waals surface area contributed by atoms with Crippen molar-refractivity contribution in [3.8, 4) is 0 Å². The van der Waals surface area contributed by atoms with Crippen LogP contribution >= 0.6 is 22.6 Å². The van der Waals surface area contributed by atoms with E-state index in [4.69, 9.17) is 0 Å². The van der Waals surface area contributed by atoms with Crippen LogP contribution in [0.15, 0.2) is 11.1 Å². The molecule has 0 saturated carbocycles. The van der Waals surface area contributed by atoms with Gasteiger partial charge in [0, 0.05) is 39.3 Å². The number of H-pyrrole nitrogens is 1. The first-order valence-electron chi connectivity index (χ1n) is 5.67. The Morgan fingerprint density at radius 2 is 2.24 bits per heavy atom. The third-order valence-electron chi connectivity index (χ3n) is 2.73. The second kappa shape index (κ2) is 6.31. The van der Waals surface area contributed by atoms with E-state index < -0.39 is 0 Å². The van der Waals surface area contributed by atoms with Crippen LogP contribution in [0, 0.1) is 3.57 Å². The smallest absolute Gasteiger partial charge is 0.266 e. The Labute approximate surface area is 113 Å². The number of anilines is 1. The summed E-state index contributed by atoms with van der Waals surface area (Å²) in [5, 5.41) is 6.52. The van der Waals surface area contributed by atoms with Crippen LogP contribution in [-0.2, 0) is 0 Å². The van der Waals surface area contributed by atoms with Crippen LogP contribution in [0.3, 0.4) is 0 Å². The molecule has 0 spiro atoms. The number of aromatic nitrogens is 2. The topological polar surface area (TPSA) is 73.0 Å². The average molecular weight is 349 g/mol. The van der Waals surface area contributed by atoms with Gasteiger partial charge in [-0.05, 0) is 22.6 Å². The van der Waals surface area contributed by atoms with Crippen molar-refractivity contribution in [3.63, 3.8) is 0 Å². The lowest BCUT2D eigenvalue weighted by Crippen LogP contribution is -2.45. The van der Waals surface area contributed by atoms with Crippen LogP contribution in [0.25, 0.3) is 0 Å². The zero-order valence-corrected chi connectivity index (χ0v) is 11.7. The molecule has 0 unspecified atom stereocenters. The monoisotopic (exact) mass is 349 g/mol. The van der Waals surface area contributed by atoms with Crippen LogP contribution in [0.4, 0.5) is 5.82 Å². The molecule has 17 heavy (non-hydrogen) atoms. The van der Waals surface area contributed by atoms with E-state index in [1.54, 1.807) is 0 Å². The number of nitrogens with one attached hydrogen (secondary N) is 3. The Morgan fingerprint density at radius 1 is 1.47 bits per heavy atom. The van der Waals surface area contributed by atoms with E-state index in [0.717, 1.165) is 39.3 Å². The molecule has 0 radical (unpaired) electrons. The summed E-state index contributed by atoms with van der Waals surface area (Å²) in [6, 6.07) is 0. The van der Waals surface area contributed by atoms with Gasteiger partial charge >= 0.3 is 0 Å². The van der Waals surface area contributed by atoms with E-state index >= 15 is 0 Å². The number of halogens is 1. The second-order valence-corrected chi connectivity index (χ2v) is 4.99. The van der Waals surface area contributed by atoms with Gasteiger partial charge in [0.15, 0.2) is 0 Å². The molecule has 94 valence electrons. The van der Waals surface area contributed by atoms with Gasteiger partial charge < -0.3 is 15.6 Å². The van der Waals surface area contributed by atoms with Crippen molar-refractivity contribution in [3.05, 3.63) is 20.3 Å². The molecule has 1 saturated heterocycles. The van der Waals surface area contributed by atoms with Gasteiger partial charge in [0.05, 0.1) is 6.33 Å². The summed E-state index contributed by atoms with van der Waals surface area (Å²) in [4.78, 5) is 20.4. The molecule has 0 aromatic carbocycles. The highest BCUT2D eigenvalue weighted by Crippen LogP contribution is 2.07. The average Bonchev–Trinajstić information content (AvgIpc) is 2.36. The summed E-state index contributed by atoms with van der Waals surface area (Å²) in [5.41, 5.74) is -0.0923. The van der Waals surface area contributed by atoms with E-state index in [0.29, 0.717) is 9.39 Å². The number of piperazine rings is 1. The summed E-state index contributed by atoms with van der Waals surface area (Å²) in [7, 11) is 0. The maximum Gasteiger partial charge on any atom is 0.266 e. The van der Waals surface area contributed by atoms with Crippen LogP contribution < -0.4 is 16.2 Å². The van der Waals surface area contributed by atoms with Gasteiger partial charge in [-0.2, -0.15) is 0 Å². The number of hydrogen-bond acceptors (Lipinski definition) is 5. The molecule has 1 fully saturated rings. The molecule has 1 aromatic rings. The Bertz CT molecular complexity index is 415. The maximum atomic E-state index is 11.3. The number of aromatic amines is 1. The minimum absolute atomic E-state index is 0.0923. The van der Waals surface area contributed by atoms with Gasteiger partial charge in [-0.25, -0.2) is 4.98 Å². The summed E-state index contributed by atoms with van der Waals surface area (Å²) >= 11 is 2.01. The molecule has 7 heteroatoms. The van der Waals surface area contributed by atoms with Crippen molar-refractivity contribution in [2.45, 2.75) is 0 Å². The van der Waals surface area contributed by atoms with Gasteiger partial charge in [0.2, 0.25) is 0 Å². The second-order valence-electron chi connectivity index (χ2n) is 3.91. The first-order chi connectivity index (χ1) is 8.27. The Kier molecular flexibility index (Phi) is 4.75. The van der Waals surface area contributed by atoms with E-state index in [1.807, 2.05) is 22.6 Å². The number of nitrogens with zero attached hydrogens (tertiary/aromatic N) is 2. The van der Waals surface area contributed by atoms with Crippen LogP contribution in [-0.4, -0.2) is 54.1 Å². The fourth-order valence-corrected chi connectivity index (χ4v) is 2.26. The van der Waals surface area contributed by atoms with E-state index in [-0.39, 0.29) is 5.56 Å². The zero-order chi connectivity index (χ0) is 12.1. The lowest BCUT2D eigenvalue weighted by Gasteiger charge is -2.27. The van der Waals surface area contributed by atoms with Crippen LogP contribution in [0.2, 0.25) is 0 Å². The van der Waals surface area contributed by atoms with Crippen LogP contribution in [0.5, 0.6) is 0 Å². The molecule has 0 bridgehead atoms. The van der Waals surface area contributed by atoms with Gasteiger partial charge in [0.1, 0.15) is 9.39 Å². The summed E-state index contributed by atoms with van der Waals surface area (Å²) < 4.78 is 0.616. The van der Waals surface area contributed by atoms with Crippen molar-refractivity contribution in [2.75, 3.05) is 44.6 Å². The predicted octanol–water partition coefficient (Wildman–Crippen LogP) is -0.308. The van der Waals surface area contributed by atoms with Gasteiger partial charge in [-0.1, -0.05) is 0 Å². The summed E-state index contributed by atoms with van der Waals surface area (Å²) in [6.45, 7) is 6.07. The van der Waals surface area contributed by atoms with Gasteiger partial charge in [0.25, 0.3) is 5.56 Å². The van der Waals surface area contributed by atoms with Crippen LogP contribution in [0.1, 0.15) is 0 Å². The molecule has 1 aliphatic heterocycles. The van der Waals surface area contributed by atoms with E-state index in [1.165, 1.54) is 6.33 Å². The third kappa shape index (κ3) is 3.65. The van der Waals surface area contributed by atoms with Gasteiger partial charge in [-0.3, -0.25) is 9.69 Å². The largest absolute Gasteiger partial charge is 0.368 e. The first kappa shape index (κ1) is 12.8. The van der Waals surface area contributed by atoms with Crippen molar-refractivity contribution in [1.82, 2.24) is 20.2 Å². The first-order valence-corrected chi connectivity index (χ1v) is 6.75. The highest BCUT2D eigenvalue weighted by atomic mass is 127. The van der Waals surface area contributed by atoms with Gasteiger partial charge in [-0.15, -0.1) is 0 Å². The molecule has 0 amide bonds. The minimum Gasteiger partial charge on any atom is -0.368 e. The van der Waals surface area contributed by atoms with Crippen molar-refractivity contribution in [2.24, 2.45) is 0 Å². The molecular formula is C10H16IN5O. The Morgan fingerprint density at radius 3 is 3.00 bits per heavy atom. The summed E-state index contributed by atoms with van der Waals surface area (Å²) in [5.74, 6) is 0.671. The zero-order valence-electron chi connectivity index (χ0n) is 9.50. The predicted molar refractivity (Wildman–Crippen MR) is 75.4 cm³/mol. The summed E-state index contributed by atoms with van der Waals surface area (Å²) in [6.07, 6.45) is 1.43. The molecule has 3 N–H and O–H groups in total. The SMILES string of the molecule is O=c1[nH]cnc(NCCN2CCNCC2)c1I. The Balaban J connectivity index is 1.81. The molecule has 2 heterocycles. The van der Waals surface area contributed by atoms with E-state index in [2.05, 4.69) is 25.5 Å². The van der Waals surface area contributed by atoms with E-state index in [9.17, 15) is 4.79 Å². The maximum absolute atomic E-state index is 11.3. The molecule has 2 rings (SSSR count). The van der Waals surface area contributed by atoms with Crippen molar-refractivity contribution < 1.29 is 0 Å². The lowest BCUT2D eigenvalue weighted by molar-refractivity contribution is 0.249. The third-order valence-corrected chi connectivity index (χ3v) is 3.73. The fourth-order valence-electron chi connectivity index (χ4n) is 1.77. The molecule has 1 aromatic heterocycles. The quantitative estimate of drug-likeness (QED) is 0.651. The minimum atomic E-state index is -0.0923. The number of rotatable bonds is 4. The molecule has 0 atom stereocenters. The fraction of sp³-hybridized carbons (Fsp3) is 0.600. The van der Waals surface area contributed by atoms with Crippen molar-refractivity contribution >= 4 is 28.4 Å². The molecule has 1 aliphatic rings. The standard InChI is InChI=1S/C10H16IN5O/c11-8-9(14-7-15-10(8)17)13-3-6-16-4-1-12-2-5-16/h7,12H,1-6H2,(H2,13,14,15,17). The normalized spacial score (nSPS) is 17.0.